The summed E-state index contributed by atoms with van der Waals surface area (Å²) in [6.07, 6.45) is 0.772. The van der Waals surface area contributed by atoms with Crippen molar-refractivity contribution in [2.75, 3.05) is 31.5 Å². The zero-order valence-electron chi connectivity index (χ0n) is 14.2. The van der Waals surface area contributed by atoms with Gasteiger partial charge in [-0.05, 0) is 29.2 Å². The van der Waals surface area contributed by atoms with Gasteiger partial charge in [0.05, 0.1) is 6.04 Å². The van der Waals surface area contributed by atoms with Crippen LogP contribution in [-0.2, 0) is 17.8 Å². The standard InChI is InChI=1S/C20H23N3O2/c24-20(25-14-15-5-2-1-3-6-15)23-12-11-21-13-19(23)17-7-4-8-18-16(17)9-10-22-18/h1-8,19,21-22H,9-14H2. The van der Waals surface area contributed by atoms with Crippen LogP contribution in [0.2, 0.25) is 0 Å². The number of benzene rings is 2. The molecule has 1 saturated heterocycles. The highest BCUT2D eigenvalue weighted by atomic mass is 16.6. The lowest BCUT2D eigenvalue weighted by atomic mass is 9.96. The summed E-state index contributed by atoms with van der Waals surface area (Å²) < 4.78 is 5.58. The Balaban J connectivity index is 1.51. The summed E-state index contributed by atoms with van der Waals surface area (Å²) in [5.74, 6) is 0. The van der Waals surface area contributed by atoms with Gasteiger partial charge in [-0.2, -0.15) is 0 Å². The third-order valence-corrected chi connectivity index (χ3v) is 4.94. The van der Waals surface area contributed by atoms with Crippen LogP contribution >= 0.6 is 0 Å². The molecule has 2 heterocycles. The molecule has 0 aromatic heterocycles. The third-order valence-electron chi connectivity index (χ3n) is 4.94. The maximum absolute atomic E-state index is 12.7. The van der Waals surface area contributed by atoms with Crippen molar-refractivity contribution in [1.29, 1.82) is 0 Å². The van der Waals surface area contributed by atoms with Gasteiger partial charge in [-0.1, -0.05) is 42.5 Å². The first-order valence-electron chi connectivity index (χ1n) is 8.86. The number of carbonyl (C=O) groups is 1. The Labute approximate surface area is 148 Å². The largest absolute Gasteiger partial charge is 0.445 e. The van der Waals surface area contributed by atoms with Gasteiger partial charge in [0.15, 0.2) is 0 Å². The summed E-state index contributed by atoms with van der Waals surface area (Å²) >= 11 is 0. The maximum atomic E-state index is 12.7. The number of amides is 1. The number of anilines is 1. The van der Waals surface area contributed by atoms with E-state index in [1.807, 2.05) is 35.2 Å². The summed E-state index contributed by atoms with van der Waals surface area (Å²) in [4.78, 5) is 14.6. The number of hydrogen-bond acceptors (Lipinski definition) is 4. The van der Waals surface area contributed by atoms with Crippen molar-refractivity contribution in [2.24, 2.45) is 0 Å². The van der Waals surface area contributed by atoms with Gasteiger partial charge in [-0.15, -0.1) is 0 Å². The number of ether oxygens (including phenoxy) is 1. The van der Waals surface area contributed by atoms with Crippen LogP contribution in [0.1, 0.15) is 22.7 Å². The van der Waals surface area contributed by atoms with Crippen LogP contribution in [0.3, 0.4) is 0 Å². The van der Waals surface area contributed by atoms with Crippen molar-refractivity contribution in [3.05, 3.63) is 65.2 Å². The van der Waals surface area contributed by atoms with Crippen molar-refractivity contribution in [3.63, 3.8) is 0 Å². The van der Waals surface area contributed by atoms with Crippen molar-refractivity contribution in [2.45, 2.75) is 19.1 Å². The molecule has 1 unspecified atom stereocenters. The molecule has 1 fully saturated rings. The highest BCUT2D eigenvalue weighted by molar-refractivity contribution is 5.69. The van der Waals surface area contributed by atoms with Gasteiger partial charge in [0.1, 0.15) is 6.61 Å². The van der Waals surface area contributed by atoms with Crippen LogP contribution in [-0.4, -0.2) is 37.2 Å². The van der Waals surface area contributed by atoms with Gasteiger partial charge in [-0.3, -0.25) is 4.90 Å². The lowest BCUT2D eigenvalue weighted by Gasteiger charge is -2.36. The van der Waals surface area contributed by atoms with E-state index in [0.29, 0.717) is 13.2 Å². The first-order chi connectivity index (χ1) is 12.3. The van der Waals surface area contributed by atoms with Crippen molar-refractivity contribution >= 4 is 11.8 Å². The molecule has 5 heteroatoms. The van der Waals surface area contributed by atoms with Crippen LogP contribution in [0.15, 0.2) is 48.5 Å². The van der Waals surface area contributed by atoms with Gasteiger partial charge < -0.3 is 15.4 Å². The molecular weight excluding hydrogens is 314 g/mol. The van der Waals surface area contributed by atoms with Gasteiger partial charge in [0.25, 0.3) is 0 Å². The number of nitrogens with one attached hydrogen (secondary N) is 2. The van der Waals surface area contributed by atoms with E-state index in [4.69, 9.17) is 4.74 Å². The Morgan fingerprint density at radius 3 is 2.88 bits per heavy atom. The molecule has 1 amide bonds. The Kier molecular flexibility index (Phi) is 4.57. The zero-order valence-corrected chi connectivity index (χ0v) is 14.2. The Bertz CT molecular complexity index is 748. The number of rotatable bonds is 3. The lowest BCUT2D eigenvalue weighted by Crippen LogP contribution is -2.49. The Hall–Kier alpha value is -2.53. The van der Waals surface area contributed by atoms with E-state index < -0.39 is 0 Å². The fourth-order valence-corrected chi connectivity index (χ4v) is 3.69. The molecule has 2 aliphatic rings. The third kappa shape index (κ3) is 3.33. The smallest absolute Gasteiger partial charge is 0.410 e. The topological polar surface area (TPSA) is 53.6 Å². The minimum Gasteiger partial charge on any atom is -0.445 e. The highest BCUT2D eigenvalue weighted by Gasteiger charge is 2.31. The number of piperazine rings is 1. The van der Waals surface area contributed by atoms with E-state index in [9.17, 15) is 4.79 Å². The second-order valence-corrected chi connectivity index (χ2v) is 6.50. The van der Waals surface area contributed by atoms with E-state index in [2.05, 4.69) is 28.8 Å². The van der Waals surface area contributed by atoms with Crippen molar-refractivity contribution in [3.8, 4) is 0 Å². The zero-order chi connectivity index (χ0) is 17.1. The average molecular weight is 337 g/mol. The molecule has 2 aromatic rings. The maximum Gasteiger partial charge on any atom is 0.410 e. The van der Waals surface area contributed by atoms with Crippen LogP contribution in [0.5, 0.6) is 0 Å². The van der Waals surface area contributed by atoms with Crippen LogP contribution in [0, 0.1) is 0 Å². The van der Waals surface area contributed by atoms with E-state index in [0.717, 1.165) is 31.6 Å². The highest BCUT2D eigenvalue weighted by Crippen LogP contribution is 2.33. The molecule has 2 N–H and O–H groups in total. The minimum absolute atomic E-state index is 0.0203. The fourth-order valence-electron chi connectivity index (χ4n) is 3.69. The Morgan fingerprint density at radius 2 is 2.00 bits per heavy atom. The van der Waals surface area contributed by atoms with E-state index >= 15 is 0 Å². The molecule has 0 spiro atoms. The molecule has 1 atom stereocenters. The molecule has 130 valence electrons. The number of carbonyl (C=O) groups excluding carboxylic acids is 1. The summed E-state index contributed by atoms with van der Waals surface area (Å²) in [5, 5.41) is 6.83. The van der Waals surface area contributed by atoms with Gasteiger partial charge in [-0.25, -0.2) is 4.79 Å². The summed E-state index contributed by atoms with van der Waals surface area (Å²) in [6.45, 7) is 3.49. The summed E-state index contributed by atoms with van der Waals surface area (Å²) in [7, 11) is 0. The fraction of sp³-hybridized carbons (Fsp3) is 0.350. The molecular formula is C20H23N3O2. The average Bonchev–Trinajstić information content (AvgIpc) is 3.16. The summed E-state index contributed by atoms with van der Waals surface area (Å²) in [5.41, 5.74) is 4.76. The predicted octanol–water partition coefficient (Wildman–Crippen LogP) is 2.94. The lowest BCUT2D eigenvalue weighted by molar-refractivity contribution is 0.0719. The van der Waals surface area contributed by atoms with Crippen LogP contribution in [0.25, 0.3) is 0 Å². The van der Waals surface area contributed by atoms with E-state index in [1.54, 1.807) is 0 Å². The molecule has 2 aliphatic heterocycles. The van der Waals surface area contributed by atoms with E-state index in [-0.39, 0.29) is 12.1 Å². The predicted molar refractivity (Wildman–Crippen MR) is 97.6 cm³/mol. The van der Waals surface area contributed by atoms with Gasteiger partial charge in [0.2, 0.25) is 0 Å². The monoisotopic (exact) mass is 337 g/mol. The van der Waals surface area contributed by atoms with E-state index in [1.165, 1.54) is 16.8 Å². The van der Waals surface area contributed by atoms with Crippen LogP contribution < -0.4 is 10.6 Å². The second-order valence-electron chi connectivity index (χ2n) is 6.50. The number of hydrogen-bond donors (Lipinski definition) is 2. The molecule has 0 saturated carbocycles. The van der Waals surface area contributed by atoms with Crippen LogP contribution in [0.4, 0.5) is 10.5 Å². The normalized spacial score (nSPS) is 19.2. The molecule has 2 aromatic carbocycles. The first kappa shape index (κ1) is 16.0. The first-order valence-corrected chi connectivity index (χ1v) is 8.86. The van der Waals surface area contributed by atoms with Gasteiger partial charge in [0, 0.05) is 31.9 Å². The molecule has 4 rings (SSSR count). The molecule has 25 heavy (non-hydrogen) atoms. The number of fused-ring (bicyclic) bond motifs is 1. The molecule has 5 nitrogen and oxygen atoms in total. The minimum atomic E-state index is -0.237. The van der Waals surface area contributed by atoms with Crippen molar-refractivity contribution in [1.82, 2.24) is 10.2 Å². The summed E-state index contributed by atoms with van der Waals surface area (Å²) in [6, 6.07) is 16.1. The Morgan fingerprint density at radius 1 is 1.12 bits per heavy atom. The molecule has 0 radical (unpaired) electrons. The number of nitrogens with zero attached hydrogens (tertiary/aromatic N) is 1. The quantitative estimate of drug-likeness (QED) is 0.904. The second kappa shape index (κ2) is 7.15. The SMILES string of the molecule is O=C(OCc1ccccc1)N1CCNCC1c1cccc2c1CCN2. The van der Waals surface area contributed by atoms with Crippen molar-refractivity contribution < 1.29 is 9.53 Å². The molecule has 0 bridgehead atoms. The van der Waals surface area contributed by atoms with Gasteiger partial charge >= 0.3 is 6.09 Å². The molecule has 0 aliphatic carbocycles.